The molecule has 0 aliphatic carbocycles. The quantitative estimate of drug-likeness (QED) is 0.922. The normalized spacial score (nSPS) is 17.2. The maximum Gasteiger partial charge on any atom is 0.272 e. The van der Waals surface area contributed by atoms with Crippen LogP contribution in [0.4, 0.5) is 10.1 Å². The number of nitrogens with zero attached hydrogens (tertiary/aromatic N) is 1. The Hall–Kier alpha value is -2.34. The van der Waals surface area contributed by atoms with Crippen LogP contribution in [-0.2, 0) is 11.8 Å². The van der Waals surface area contributed by atoms with Crippen LogP contribution in [0.1, 0.15) is 23.3 Å². The van der Waals surface area contributed by atoms with Gasteiger partial charge in [-0.2, -0.15) is 0 Å². The summed E-state index contributed by atoms with van der Waals surface area (Å²) < 4.78 is 26.4. The maximum atomic E-state index is 13.5. The van der Waals surface area contributed by atoms with E-state index in [1.54, 1.807) is 29.9 Å². The summed E-state index contributed by atoms with van der Waals surface area (Å²) in [5, 5.41) is 2.70. The van der Waals surface area contributed by atoms with Gasteiger partial charge in [0, 0.05) is 25.9 Å². The molecule has 1 atom stereocenters. The minimum absolute atomic E-state index is 0.0523. The van der Waals surface area contributed by atoms with E-state index in [2.05, 4.69) is 5.32 Å². The highest BCUT2D eigenvalue weighted by atomic mass is 19.1. The Labute approximate surface area is 134 Å². The van der Waals surface area contributed by atoms with Crippen molar-refractivity contribution in [3.8, 4) is 5.75 Å². The number of ether oxygens (including phenoxy) is 2. The Morgan fingerprint density at radius 1 is 1.48 bits per heavy atom. The number of nitrogens with one attached hydrogen (secondary N) is 1. The molecule has 1 aliphatic heterocycles. The number of amides is 1. The number of halogens is 1. The predicted octanol–water partition coefficient (Wildman–Crippen LogP) is 2.97. The number of aromatic nitrogens is 1. The first-order valence-corrected chi connectivity index (χ1v) is 7.60. The lowest BCUT2D eigenvalue weighted by Crippen LogP contribution is -2.19. The first-order chi connectivity index (χ1) is 11.1. The lowest BCUT2D eigenvalue weighted by Gasteiger charge is -2.15. The van der Waals surface area contributed by atoms with Gasteiger partial charge in [-0.1, -0.05) is 0 Å². The van der Waals surface area contributed by atoms with Gasteiger partial charge in [0.2, 0.25) is 0 Å². The van der Waals surface area contributed by atoms with E-state index < -0.39 is 5.82 Å². The van der Waals surface area contributed by atoms with Crippen molar-refractivity contribution in [3.05, 3.63) is 48.0 Å². The van der Waals surface area contributed by atoms with Crippen molar-refractivity contribution in [2.45, 2.75) is 18.9 Å². The first kappa shape index (κ1) is 15.6. The van der Waals surface area contributed by atoms with Gasteiger partial charge in [-0.3, -0.25) is 4.79 Å². The van der Waals surface area contributed by atoms with Crippen molar-refractivity contribution < 1.29 is 18.7 Å². The number of aryl methyl sites for hydroxylation is 1. The topological polar surface area (TPSA) is 52.5 Å². The lowest BCUT2D eigenvalue weighted by atomic mass is 10.2. The third-order valence-corrected chi connectivity index (χ3v) is 3.81. The highest BCUT2D eigenvalue weighted by molar-refractivity contribution is 6.04. The Morgan fingerprint density at radius 2 is 2.35 bits per heavy atom. The van der Waals surface area contributed by atoms with Crippen molar-refractivity contribution in [2.75, 3.05) is 18.5 Å². The Kier molecular flexibility index (Phi) is 4.62. The molecule has 1 saturated heterocycles. The smallest absolute Gasteiger partial charge is 0.272 e. The second kappa shape index (κ2) is 6.83. The zero-order valence-electron chi connectivity index (χ0n) is 12.9. The molecule has 0 unspecified atom stereocenters. The molecule has 1 fully saturated rings. The Balaban J connectivity index is 1.73. The van der Waals surface area contributed by atoms with E-state index in [4.69, 9.17) is 9.47 Å². The van der Waals surface area contributed by atoms with E-state index in [9.17, 15) is 9.18 Å². The number of benzene rings is 1. The molecule has 3 rings (SSSR count). The van der Waals surface area contributed by atoms with Crippen LogP contribution in [0.15, 0.2) is 36.5 Å². The van der Waals surface area contributed by atoms with Gasteiger partial charge in [-0.05, 0) is 37.1 Å². The molecule has 0 bridgehead atoms. The van der Waals surface area contributed by atoms with E-state index in [0.29, 0.717) is 23.7 Å². The molecule has 1 N–H and O–H groups in total. The highest BCUT2D eigenvalue weighted by Gasteiger charge is 2.18. The zero-order chi connectivity index (χ0) is 16.2. The van der Waals surface area contributed by atoms with Gasteiger partial charge in [0.1, 0.15) is 23.9 Å². The molecule has 2 aromatic rings. The summed E-state index contributed by atoms with van der Waals surface area (Å²) in [6.07, 6.45) is 3.80. The van der Waals surface area contributed by atoms with E-state index in [-0.39, 0.29) is 12.0 Å². The van der Waals surface area contributed by atoms with Crippen LogP contribution >= 0.6 is 0 Å². The third kappa shape index (κ3) is 3.71. The number of hydrogen-bond acceptors (Lipinski definition) is 3. The van der Waals surface area contributed by atoms with Crippen LogP contribution in [0.25, 0.3) is 0 Å². The molecule has 23 heavy (non-hydrogen) atoms. The van der Waals surface area contributed by atoms with Gasteiger partial charge in [0.15, 0.2) is 0 Å². The molecule has 5 nitrogen and oxygen atoms in total. The standard InChI is InChI=1S/C17H19FN2O3/c1-20-8-2-5-15(20)17(21)19-14-10-12(18)6-7-16(14)23-11-13-4-3-9-22-13/h2,5-8,10,13H,3-4,9,11H2,1H3,(H,19,21)/t13-/m0/s1. The minimum Gasteiger partial charge on any atom is -0.489 e. The molecule has 6 heteroatoms. The average Bonchev–Trinajstić information content (AvgIpc) is 3.17. The zero-order valence-corrected chi connectivity index (χ0v) is 12.9. The summed E-state index contributed by atoms with van der Waals surface area (Å²) >= 11 is 0. The molecule has 122 valence electrons. The van der Waals surface area contributed by atoms with Crippen molar-refractivity contribution in [1.29, 1.82) is 0 Å². The molecule has 0 radical (unpaired) electrons. The molecule has 0 saturated carbocycles. The third-order valence-electron chi connectivity index (χ3n) is 3.81. The summed E-state index contributed by atoms with van der Waals surface area (Å²) in [5.41, 5.74) is 0.800. The van der Waals surface area contributed by atoms with Crippen LogP contribution in [0, 0.1) is 5.82 Å². The van der Waals surface area contributed by atoms with Gasteiger partial charge < -0.3 is 19.4 Å². The Bertz CT molecular complexity index is 693. The van der Waals surface area contributed by atoms with Gasteiger partial charge >= 0.3 is 0 Å². The maximum absolute atomic E-state index is 13.5. The van der Waals surface area contributed by atoms with Crippen molar-refractivity contribution >= 4 is 11.6 Å². The summed E-state index contributed by atoms with van der Waals surface area (Å²) in [7, 11) is 1.77. The Morgan fingerprint density at radius 3 is 3.04 bits per heavy atom. The summed E-state index contributed by atoms with van der Waals surface area (Å²) in [5.74, 6) is -0.314. The van der Waals surface area contributed by atoms with Crippen LogP contribution < -0.4 is 10.1 Å². The molecular weight excluding hydrogens is 299 g/mol. The molecular formula is C17H19FN2O3. The van der Waals surface area contributed by atoms with Crippen molar-refractivity contribution in [3.63, 3.8) is 0 Å². The van der Waals surface area contributed by atoms with Gasteiger partial charge in [-0.15, -0.1) is 0 Å². The van der Waals surface area contributed by atoms with Crippen LogP contribution in [-0.4, -0.2) is 29.8 Å². The van der Waals surface area contributed by atoms with Crippen LogP contribution in [0.5, 0.6) is 5.75 Å². The number of carbonyl (C=O) groups excluding carboxylic acids is 1. The van der Waals surface area contributed by atoms with Crippen LogP contribution in [0.3, 0.4) is 0 Å². The van der Waals surface area contributed by atoms with Gasteiger partial charge in [-0.25, -0.2) is 4.39 Å². The number of hydrogen-bond donors (Lipinski definition) is 1. The second-order valence-electron chi connectivity index (χ2n) is 5.54. The molecule has 1 aromatic carbocycles. The molecule has 0 spiro atoms. The van der Waals surface area contributed by atoms with E-state index >= 15 is 0 Å². The highest BCUT2D eigenvalue weighted by Crippen LogP contribution is 2.27. The van der Waals surface area contributed by atoms with Crippen molar-refractivity contribution in [2.24, 2.45) is 7.05 Å². The SMILES string of the molecule is Cn1cccc1C(=O)Nc1cc(F)ccc1OC[C@@H]1CCCO1. The number of anilines is 1. The summed E-state index contributed by atoms with van der Waals surface area (Å²) in [6.45, 7) is 1.13. The molecule has 1 aliphatic rings. The minimum atomic E-state index is -0.434. The average molecular weight is 318 g/mol. The monoisotopic (exact) mass is 318 g/mol. The van der Waals surface area contributed by atoms with Crippen LogP contribution in [0.2, 0.25) is 0 Å². The second-order valence-corrected chi connectivity index (χ2v) is 5.54. The van der Waals surface area contributed by atoms with Crippen molar-refractivity contribution in [1.82, 2.24) is 4.57 Å². The van der Waals surface area contributed by atoms with E-state index in [1.807, 2.05) is 0 Å². The summed E-state index contributed by atoms with van der Waals surface area (Å²) in [6, 6.07) is 7.55. The fourth-order valence-electron chi connectivity index (χ4n) is 2.57. The molecule has 1 aromatic heterocycles. The predicted molar refractivity (Wildman–Crippen MR) is 84.2 cm³/mol. The first-order valence-electron chi connectivity index (χ1n) is 7.60. The molecule has 2 heterocycles. The lowest BCUT2D eigenvalue weighted by molar-refractivity contribution is 0.0681. The van der Waals surface area contributed by atoms with E-state index in [0.717, 1.165) is 19.4 Å². The van der Waals surface area contributed by atoms with Gasteiger partial charge in [0.25, 0.3) is 5.91 Å². The van der Waals surface area contributed by atoms with Gasteiger partial charge in [0.05, 0.1) is 11.8 Å². The molecule has 1 amide bonds. The fraction of sp³-hybridized carbons (Fsp3) is 0.353. The largest absolute Gasteiger partial charge is 0.489 e. The summed E-state index contributed by atoms with van der Waals surface area (Å²) in [4.78, 5) is 12.3. The number of carbonyl (C=O) groups is 1. The number of rotatable bonds is 5. The fourth-order valence-corrected chi connectivity index (χ4v) is 2.57. The van der Waals surface area contributed by atoms with E-state index in [1.165, 1.54) is 18.2 Å².